The predicted octanol–water partition coefficient (Wildman–Crippen LogP) is 3.24. The highest BCUT2D eigenvalue weighted by molar-refractivity contribution is 5.97. The number of hydrogen-bond donors (Lipinski definition) is 1. The largest absolute Gasteiger partial charge is 0.484 e. The zero-order chi connectivity index (χ0) is 21.4. The summed E-state index contributed by atoms with van der Waals surface area (Å²) in [6, 6.07) is 7.13. The summed E-state index contributed by atoms with van der Waals surface area (Å²) in [4.78, 5) is 27.0. The maximum absolute atomic E-state index is 13.1. The Bertz CT molecular complexity index is 702. The van der Waals surface area contributed by atoms with Gasteiger partial charge in [-0.25, -0.2) is 0 Å². The minimum atomic E-state index is -0.743. The molecule has 1 N–H and O–H groups in total. The van der Waals surface area contributed by atoms with E-state index in [2.05, 4.69) is 19.2 Å². The molecule has 1 heterocycles. The van der Waals surface area contributed by atoms with Crippen molar-refractivity contribution >= 4 is 17.5 Å². The Morgan fingerprint density at radius 1 is 1.23 bits per heavy atom. The molecule has 0 aromatic heterocycles. The lowest BCUT2D eigenvalue weighted by molar-refractivity contribution is -0.148. The second kappa shape index (κ2) is 10.8. The fourth-order valence-corrected chi connectivity index (χ4v) is 4.13. The summed E-state index contributed by atoms with van der Waals surface area (Å²) >= 11 is 0. The summed E-state index contributed by atoms with van der Waals surface area (Å²) in [5.74, 6) is 0.953. The fourth-order valence-electron chi connectivity index (χ4n) is 4.13. The number of anilines is 1. The average molecular weight is 419 g/mol. The SMILES string of the molecule is CCCO[C@@]1(C(=O)Nc2ccc(OCC(=O)N3CCOCC3)cc2)CCC[C@H](C)C1. The zero-order valence-electron chi connectivity index (χ0n) is 18.2. The van der Waals surface area contributed by atoms with Gasteiger partial charge in [0.05, 0.1) is 13.2 Å². The Hall–Kier alpha value is -2.12. The highest BCUT2D eigenvalue weighted by Crippen LogP contribution is 2.36. The molecule has 0 radical (unpaired) electrons. The summed E-state index contributed by atoms with van der Waals surface area (Å²) in [6.45, 7) is 7.18. The maximum Gasteiger partial charge on any atom is 0.260 e. The zero-order valence-corrected chi connectivity index (χ0v) is 18.2. The van der Waals surface area contributed by atoms with Crippen molar-refractivity contribution in [3.8, 4) is 5.75 Å². The van der Waals surface area contributed by atoms with Crippen molar-refractivity contribution in [1.82, 2.24) is 4.90 Å². The number of carbonyl (C=O) groups is 2. The van der Waals surface area contributed by atoms with Crippen LogP contribution in [0.15, 0.2) is 24.3 Å². The number of nitrogens with one attached hydrogen (secondary N) is 1. The molecule has 1 saturated heterocycles. The third-order valence-electron chi connectivity index (χ3n) is 5.79. The van der Waals surface area contributed by atoms with Gasteiger partial charge in [0.2, 0.25) is 0 Å². The Balaban J connectivity index is 1.54. The molecule has 166 valence electrons. The topological polar surface area (TPSA) is 77.1 Å². The summed E-state index contributed by atoms with van der Waals surface area (Å²) in [6.07, 6.45) is 4.54. The van der Waals surface area contributed by atoms with E-state index in [9.17, 15) is 9.59 Å². The van der Waals surface area contributed by atoms with Crippen LogP contribution in [0.5, 0.6) is 5.75 Å². The Kier molecular flexibility index (Phi) is 8.10. The van der Waals surface area contributed by atoms with E-state index in [0.717, 1.165) is 32.1 Å². The van der Waals surface area contributed by atoms with Crippen molar-refractivity contribution in [2.45, 2.75) is 51.6 Å². The molecular formula is C23H34N2O5. The van der Waals surface area contributed by atoms with Gasteiger partial charge in [0.25, 0.3) is 11.8 Å². The Morgan fingerprint density at radius 3 is 2.63 bits per heavy atom. The molecule has 30 heavy (non-hydrogen) atoms. The first-order valence-electron chi connectivity index (χ1n) is 11.1. The van der Waals surface area contributed by atoms with Crippen LogP contribution in [-0.2, 0) is 19.1 Å². The molecule has 7 nitrogen and oxygen atoms in total. The van der Waals surface area contributed by atoms with Crippen LogP contribution < -0.4 is 10.1 Å². The lowest BCUT2D eigenvalue weighted by Crippen LogP contribution is -2.48. The number of carbonyl (C=O) groups excluding carboxylic acids is 2. The number of benzene rings is 1. The van der Waals surface area contributed by atoms with Crippen LogP contribution in [0.25, 0.3) is 0 Å². The molecule has 2 atom stereocenters. The van der Waals surface area contributed by atoms with E-state index in [1.54, 1.807) is 29.2 Å². The number of hydrogen-bond acceptors (Lipinski definition) is 5. The molecule has 1 aliphatic carbocycles. The monoisotopic (exact) mass is 418 g/mol. The van der Waals surface area contributed by atoms with Gasteiger partial charge in [-0.1, -0.05) is 20.3 Å². The summed E-state index contributed by atoms with van der Waals surface area (Å²) in [5, 5.41) is 3.02. The first-order chi connectivity index (χ1) is 14.5. The first-order valence-corrected chi connectivity index (χ1v) is 11.1. The minimum Gasteiger partial charge on any atom is -0.484 e. The van der Waals surface area contributed by atoms with E-state index in [1.807, 2.05) is 0 Å². The molecule has 2 fully saturated rings. The first kappa shape index (κ1) is 22.6. The van der Waals surface area contributed by atoms with Gasteiger partial charge < -0.3 is 24.4 Å². The third kappa shape index (κ3) is 5.95. The number of rotatable bonds is 8. The Labute approximate surface area is 179 Å². The molecule has 2 aliphatic rings. The molecule has 1 saturated carbocycles. The van der Waals surface area contributed by atoms with E-state index in [0.29, 0.717) is 50.3 Å². The van der Waals surface area contributed by atoms with Crippen LogP contribution in [0.1, 0.15) is 46.0 Å². The highest BCUT2D eigenvalue weighted by atomic mass is 16.5. The van der Waals surface area contributed by atoms with Gasteiger partial charge in [-0.2, -0.15) is 0 Å². The van der Waals surface area contributed by atoms with E-state index < -0.39 is 5.60 Å². The van der Waals surface area contributed by atoms with Crippen LogP contribution in [0.2, 0.25) is 0 Å². The minimum absolute atomic E-state index is 0.00242. The van der Waals surface area contributed by atoms with Gasteiger partial charge in [0, 0.05) is 25.4 Å². The van der Waals surface area contributed by atoms with Gasteiger partial charge in [-0.05, 0) is 55.9 Å². The summed E-state index contributed by atoms with van der Waals surface area (Å²) < 4.78 is 17.0. The Morgan fingerprint density at radius 2 is 1.97 bits per heavy atom. The van der Waals surface area contributed by atoms with Crippen LogP contribution in [0.3, 0.4) is 0 Å². The maximum atomic E-state index is 13.1. The lowest BCUT2D eigenvalue weighted by Gasteiger charge is -2.38. The highest BCUT2D eigenvalue weighted by Gasteiger charge is 2.42. The van der Waals surface area contributed by atoms with Gasteiger partial charge in [-0.3, -0.25) is 9.59 Å². The molecule has 1 aliphatic heterocycles. The molecule has 0 spiro atoms. The van der Waals surface area contributed by atoms with E-state index in [-0.39, 0.29) is 18.4 Å². The van der Waals surface area contributed by atoms with Crippen molar-refractivity contribution in [3.63, 3.8) is 0 Å². The van der Waals surface area contributed by atoms with Crippen molar-refractivity contribution in [1.29, 1.82) is 0 Å². The van der Waals surface area contributed by atoms with Gasteiger partial charge >= 0.3 is 0 Å². The smallest absolute Gasteiger partial charge is 0.260 e. The molecule has 3 rings (SSSR count). The normalized spacial score (nSPS) is 24.3. The molecule has 1 aromatic carbocycles. The number of morpholine rings is 1. The standard InChI is InChI=1S/C23H34N2O5/c1-3-13-30-23(10-4-5-18(2)16-23)22(27)24-19-6-8-20(9-7-19)29-17-21(26)25-11-14-28-15-12-25/h6-9,18H,3-5,10-17H2,1-2H3,(H,24,27)/t18-,23-/m0/s1. The quantitative estimate of drug-likeness (QED) is 0.701. The van der Waals surface area contributed by atoms with Crippen LogP contribution in [-0.4, -0.2) is 61.8 Å². The number of amides is 2. The molecule has 0 unspecified atom stereocenters. The summed E-state index contributed by atoms with van der Waals surface area (Å²) in [7, 11) is 0. The predicted molar refractivity (Wildman–Crippen MR) is 115 cm³/mol. The van der Waals surface area contributed by atoms with E-state index >= 15 is 0 Å². The van der Waals surface area contributed by atoms with Crippen LogP contribution >= 0.6 is 0 Å². The van der Waals surface area contributed by atoms with Gasteiger partial charge in [-0.15, -0.1) is 0 Å². The molecule has 7 heteroatoms. The molecule has 0 bridgehead atoms. The van der Waals surface area contributed by atoms with Crippen molar-refractivity contribution in [2.24, 2.45) is 5.92 Å². The lowest BCUT2D eigenvalue weighted by atomic mass is 9.78. The van der Waals surface area contributed by atoms with Gasteiger partial charge in [0.15, 0.2) is 6.61 Å². The average Bonchev–Trinajstić information content (AvgIpc) is 2.77. The van der Waals surface area contributed by atoms with E-state index in [4.69, 9.17) is 14.2 Å². The second-order valence-electron chi connectivity index (χ2n) is 8.30. The third-order valence-corrected chi connectivity index (χ3v) is 5.79. The van der Waals surface area contributed by atoms with Crippen molar-refractivity contribution in [2.75, 3.05) is 44.8 Å². The summed E-state index contributed by atoms with van der Waals surface area (Å²) in [5.41, 5.74) is -0.0440. The van der Waals surface area contributed by atoms with Crippen LogP contribution in [0, 0.1) is 5.92 Å². The molecular weight excluding hydrogens is 384 g/mol. The number of ether oxygens (including phenoxy) is 3. The molecule has 1 aromatic rings. The van der Waals surface area contributed by atoms with Crippen LogP contribution in [0.4, 0.5) is 5.69 Å². The second-order valence-corrected chi connectivity index (χ2v) is 8.30. The van der Waals surface area contributed by atoms with Crippen molar-refractivity contribution < 1.29 is 23.8 Å². The molecule has 2 amide bonds. The van der Waals surface area contributed by atoms with Gasteiger partial charge in [0.1, 0.15) is 11.4 Å². The fraction of sp³-hybridized carbons (Fsp3) is 0.652. The van der Waals surface area contributed by atoms with E-state index in [1.165, 1.54) is 0 Å². The number of nitrogens with zero attached hydrogens (tertiary/aromatic N) is 1. The van der Waals surface area contributed by atoms with Crippen molar-refractivity contribution in [3.05, 3.63) is 24.3 Å².